The molecule has 1 aromatic heterocycles. The maximum Gasteiger partial charge on any atom is 0.358 e. The largest absolute Gasteiger partial charge is 0.476 e. The minimum Gasteiger partial charge on any atom is -0.476 e. The highest BCUT2D eigenvalue weighted by molar-refractivity contribution is 9.10. The zero-order valence-electron chi connectivity index (χ0n) is 6.32. The summed E-state index contributed by atoms with van der Waals surface area (Å²) in [5, 5.41) is 12.7. The summed E-state index contributed by atoms with van der Waals surface area (Å²) >= 11 is 3.24. The lowest BCUT2D eigenvalue weighted by molar-refractivity contribution is 0.0688. The number of hydrogen-bond donors (Lipinski definition) is 1. The van der Waals surface area contributed by atoms with Crippen LogP contribution < -0.4 is 0 Å². The van der Waals surface area contributed by atoms with Crippen LogP contribution in [0, 0.1) is 0 Å². The highest BCUT2D eigenvalue weighted by atomic mass is 79.9. The molecule has 0 atom stereocenters. The summed E-state index contributed by atoms with van der Waals surface area (Å²) in [5.74, 6) is -1.08. The van der Waals surface area contributed by atoms with Crippen LogP contribution in [0.3, 0.4) is 0 Å². The molecular weight excluding hydrogens is 238 g/mol. The Hall–Kier alpha value is -1.36. The predicted molar refractivity (Wildman–Crippen MR) is 48.7 cm³/mol. The van der Waals surface area contributed by atoms with E-state index in [0.29, 0.717) is 11.0 Å². The summed E-state index contributed by atoms with van der Waals surface area (Å²) in [4.78, 5) is 10.6. The van der Waals surface area contributed by atoms with Crippen LogP contribution in [-0.2, 0) is 0 Å². The Morgan fingerprint density at radius 2 is 2.31 bits per heavy atom. The van der Waals surface area contributed by atoms with E-state index < -0.39 is 5.97 Å². The number of rotatable bonds is 1. The van der Waals surface area contributed by atoms with E-state index in [2.05, 4.69) is 21.1 Å². The van der Waals surface area contributed by atoms with Gasteiger partial charge >= 0.3 is 5.97 Å². The van der Waals surface area contributed by atoms with Gasteiger partial charge in [-0.05, 0) is 18.2 Å². The minimum absolute atomic E-state index is 0.0532. The van der Waals surface area contributed by atoms with Crippen molar-refractivity contribution in [3.8, 4) is 0 Å². The molecule has 0 amide bonds. The van der Waals surface area contributed by atoms with E-state index in [0.717, 1.165) is 4.47 Å². The van der Waals surface area contributed by atoms with Crippen molar-refractivity contribution in [1.82, 2.24) is 5.16 Å². The second-order valence-corrected chi connectivity index (χ2v) is 3.39. The van der Waals surface area contributed by atoms with Crippen LogP contribution in [0.1, 0.15) is 10.5 Å². The molecule has 0 fully saturated rings. The van der Waals surface area contributed by atoms with E-state index in [1.165, 1.54) is 0 Å². The molecule has 1 N–H and O–H groups in total. The third kappa shape index (κ3) is 1.31. The lowest BCUT2D eigenvalue weighted by Crippen LogP contribution is -1.95. The second kappa shape index (κ2) is 2.85. The van der Waals surface area contributed by atoms with Gasteiger partial charge in [0.2, 0.25) is 0 Å². The lowest BCUT2D eigenvalue weighted by atomic mass is 10.2. The summed E-state index contributed by atoms with van der Waals surface area (Å²) in [5.41, 5.74) is 0.411. The molecule has 0 saturated heterocycles. The number of fused-ring (bicyclic) bond motifs is 1. The third-order valence-electron chi connectivity index (χ3n) is 1.64. The first-order valence-electron chi connectivity index (χ1n) is 3.47. The fraction of sp³-hybridized carbons (Fsp3) is 0. The van der Waals surface area contributed by atoms with Crippen molar-refractivity contribution < 1.29 is 14.4 Å². The van der Waals surface area contributed by atoms with Gasteiger partial charge < -0.3 is 9.63 Å². The molecule has 2 aromatic rings. The summed E-state index contributed by atoms with van der Waals surface area (Å²) in [7, 11) is 0. The number of hydrogen-bond acceptors (Lipinski definition) is 3. The third-order valence-corrected chi connectivity index (χ3v) is 2.13. The molecule has 0 unspecified atom stereocenters. The van der Waals surface area contributed by atoms with Crippen molar-refractivity contribution in [2.24, 2.45) is 0 Å². The Balaban J connectivity index is 2.76. The van der Waals surface area contributed by atoms with Crippen molar-refractivity contribution in [2.75, 3.05) is 0 Å². The molecule has 0 aliphatic carbocycles. The molecule has 0 aliphatic rings. The SMILES string of the molecule is O=C(O)c1noc2cc(Br)ccc12. The van der Waals surface area contributed by atoms with Gasteiger partial charge in [0.15, 0.2) is 11.3 Å². The number of halogens is 1. The molecule has 0 radical (unpaired) electrons. The molecule has 1 aromatic carbocycles. The zero-order valence-corrected chi connectivity index (χ0v) is 7.91. The van der Waals surface area contributed by atoms with Gasteiger partial charge in [0, 0.05) is 4.47 Å². The first-order valence-corrected chi connectivity index (χ1v) is 4.26. The van der Waals surface area contributed by atoms with Gasteiger partial charge in [-0.3, -0.25) is 0 Å². The number of carboxylic acids is 1. The van der Waals surface area contributed by atoms with Crippen molar-refractivity contribution in [3.63, 3.8) is 0 Å². The molecule has 0 spiro atoms. The average molecular weight is 242 g/mol. The maximum absolute atomic E-state index is 10.6. The molecule has 5 heteroatoms. The highest BCUT2D eigenvalue weighted by Crippen LogP contribution is 2.22. The van der Waals surface area contributed by atoms with Crippen LogP contribution in [0.25, 0.3) is 11.0 Å². The molecule has 0 saturated carbocycles. The summed E-state index contributed by atoms with van der Waals surface area (Å²) in [6.45, 7) is 0. The van der Waals surface area contributed by atoms with Gasteiger partial charge in [-0.2, -0.15) is 0 Å². The van der Waals surface area contributed by atoms with Crippen LogP contribution in [0.2, 0.25) is 0 Å². The van der Waals surface area contributed by atoms with Crippen LogP contribution in [0.4, 0.5) is 0 Å². The first kappa shape index (κ1) is 8.25. The quantitative estimate of drug-likeness (QED) is 0.833. The molecule has 0 bridgehead atoms. The van der Waals surface area contributed by atoms with Gasteiger partial charge in [-0.15, -0.1) is 0 Å². The normalized spacial score (nSPS) is 10.5. The van der Waals surface area contributed by atoms with Crippen LogP contribution in [-0.4, -0.2) is 16.2 Å². The van der Waals surface area contributed by atoms with Crippen LogP contribution >= 0.6 is 15.9 Å². The predicted octanol–water partition coefficient (Wildman–Crippen LogP) is 2.29. The number of benzene rings is 1. The van der Waals surface area contributed by atoms with E-state index in [4.69, 9.17) is 9.63 Å². The van der Waals surface area contributed by atoms with E-state index in [9.17, 15) is 4.79 Å². The van der Waals surface area contributed by atoms with Crippen molar-refractivity contribution in [3.05, 3.63) is 28.4 Å². The van der Waals surface area contributed by atoms with E-state index in [-0.39, 0.29) is 5.69 Å². The maximum atomic E-state index is 10.6. The van der Waals surface area contributed by atoms with Crippen molar-refractivity contribution >= 4 is 32.9 Å². The lowest BCUT2D eigenvalue weighted by Gasteiger charge is -1.88. The monoisotopic (exact) mass is 241 g/mol. The number of aromatic nitrogens is 1. The van der Waals surface area contributed by atoms with Gasteiger partial charge in [0.1, 0.15) is 0 Å². The Bertz CT molecular complexity index is 477. The smallest absolute Gasteiger partial charge is 0.358 e. The number of carbonyl (C=O) groups is 1. The second-order valence-electron chi connectivity index (χ2n) is 2.48. The van der Waals surface area contributed by atoms with Gasteiger partial charge in [0.25, 0.3) is 0 Å². The average Bonchev–Trinajstić information content (AvgIpc) is 2.46. The van der Waals surface area contributed by atoms with Crippen molar-refractivity contribution in [2.45, 2.75) is 0 Å². The van der Waals surface area contributed by atoms with Crippen molar-refractivity contribution in [1.29, 1.82) is 0 Å². The Morgan fingerprint density at radius 3 is 3.00 bits per heavy atom. The molecule has 4 nitrogen and oxygen atoms in total. The van der Waals surface area contributed by atoms with E-state index in [1.54, 1.807) is 18.2 Å². The van der Waals surface area contributed by atoms with Crippen LogP contribution in [0.5, 0.6) is 0 Å². The Morgan fingerprint density at radius 1 is 1.54 bits per heavy atom. The summed E-state index contributed by atoms with van der Waals surface area (Å²) < 4.78 is 5.66. The van der Waals surface area contributed by atoms with Crippen LogP contribution in [0.15, 0.2) is 27.2 Å². The highest BCUT2D eigenvalue weighted by Gasteiger charge is 2.14. The number of aromatic carboxylic acids is 1. The first-order chi connectivity index (χ1) is 6.18. The standard InChI is InChI=1S/C8H4BrNO3/c9-4-1-2-5-6(3-4)13-10-7(5)8(11)12/h1-3H,(H,11,12). The van der Waals surface area contributed by atoms with E-state index >= 15 is 0 Å². The molecule has 1 heterocycles. The molecule has 0 aliphatic heterocycles. The number of nitrogens with zero attached hydrogens (tertiary/aromatic N) is 1. The zero-order chi connectivity index (χ0) is 9.42. The summed E-state index contributed by atoms with van der Waals surface area (Å²) in [6, 6.07) is 5.07. The molecule has 13 heavy (non-hydrogen) atoms. The summed E-state index contributed by atoms with van der Waals surface area (Å²) in [6.07, 6.45) is 0. The molecule has 66 valence electrons. The van der Waals surface area contributed by atoms with Gasteiger partial charge in [-0.1, -0.05) is 21.1 Å². The number of carboxylic acid groups (broad SMARTS) is 1. The topological polar surface area (TPSA) is 63.3 Å². The van der Waals surface area contributed by atoms with Gasteiger partial charge in [0.05, 0.1) is 5.39 Å². The fourth-order valence-electron chi connectivity index (χ4n) is 1.07. The van der Waals surface area contributed by atoms with E-state index in [1.807, 2.05) is 0 Å². The minimum atomic E-state index is -1.08. The Kier molecular flexibility index (Phi) is 1.81. The fourth-order valence-corrected chi connectivity index (χ4v) is 1.41. The molecule has 2 rings (SSSR count). The Labute approximate surface area is 81.3 Å². The van der Waals surface area contributed by atoms with Gasteiger partial charge in [-0.25, -0.2) is 4.79 Å². The molecular formula is C8H4BrNO3.